The predicted octanol–water partition coefficient (Wildman–Crippen LogP) is -2.57. The number of fused-ring (bicyclic) bond motifs is 1. The molecule has 2 aromatic rings. The molecule has 11 N–H and O–H groups in total. The van der Waals surface area contributed by atoms with Gasteiger partial charge >= 0.3 is 23.5 Å². The van der Waals surface area contributed by atoms with Crippen LogP contribution in [0.15, 0.2) is 36.7 Å². The number of hydrogen-bond acceptors (Lipinski definition) is 18. The molecule has 27 heteroatoms. The first kappa shape index (κ1) is 36.5. The third-order valence-electron chi connectivity index (χ3n) is 7.24. The molecular formula is C21H30N7O17P3. The van der Waals surface area contributed by atoms with E-state index in [2.05, 4.69) is 23.8 Å². The number of aliphatic hydroxyl groups excluding tert-OH is 2. The number of nitrogens with two attached hydrogens (primary N) is 2. The number of allylic oxidation sites excluding steroid dienone is 1. The Bertz CT molecular complexity index is 1750. The molecule has 3 aliphatic rings. The fourth-order valence-electron chi connectivity index (χ4n) is 4.95. The Balaban J connectivity index is 1.20. The normalized spacial score (nSPS) is 31.9. The van der Waals surface area contributed by atoms with Gasteiger partial charge in [0, 0.05) is 18.0 Å². The number of hydrogen-bond donors (Lipinski definition) is 9. The van der Waals surface area contributed by atoms with Crippen LogP contribution in [0.5, 0.6) is 0 Å². The third-order valence-corrected chi connectivity index (χ3v) is 10.4. The number of carbonyl (C=O) groups is 1. The molecule has 0 bridgehead atoms. The van der Waals surface area contributed by atoms with Crippen LogP contribution in [0.3, 0.4) is 0 Å². The van der Waals surface area contributed by atoms with Gasteiger partial charge in [-0.05, 0) is 6.42 Å². The van der Waals surface area contributed by atoms with Gasteiger partial charge in [0.1, 0.15) is 42.4 Å². The van der Waals surface area contributed by atoms with Gasteiger partial charge in [-0.15, -0.1) is 0 Å². The number of anilines is 1. The average molecular weight is 745 g/mol. The molecule has 24 nitrogen and oxygen atoms in total. The highest BCUT2D eigenvalue weighted by atomic mass is 31.3. The van der Waals surface area contributed by atoms with E-state index in [1.54, 1.807) is 0 Å². The standard InChI is InChI=1S/C21H30N7O17P3/c22-17-13-19(25-8-24-17)28(9-26-13)20-15(44-46(33,34)35)14(29)11(43-20)5-41-47(36,37)45-48(38,39)42-6-12-16(30)21(32,7-40-12)27-3-1-2-10(4-27)18(23)31/h1,3-4,8-9,11-12,14-16,20,29-30,32H,2,5-7H2,(H2,23,31)(H,36,37)(H,38,39)(H2,22,24,25)(H2,33,34,35)/t11-,12-,14+,15+,16-,20-,21+/m1/s1. The van der Waals surface area contributed by atoms with Gasteiger partial charge < -0.3 is 60.7 Å². The van der Waals surface area contributed by atoms with Crippen molar-refractivity contribution in [3.8, 4) is 0 Å². The van der Waals surface area contributed by atoms with E-state index in [1.165, 1.54) is 18.5 Å². The quantitative estimate of drug-likeness (QED) is 0.0951. The van der Waals surface area contributed by atoms with Crippen LogP contribution in [-0.2, 0) is 45.8 Å². The number of imidazole rings is 1. The van der Waals surface area contributed by atoms with Crippen molar-refractivity contribution in [3.05, 3.63) is 36.7 Å². The molecule has 0 spiro atoms. The zero-order valence-corrected chi connectivity index (χ0v) is 26.8. The maximum atomic E-state index is 12.6. The van der Waals surface area contributed by atoms with E-state index in [1.807, 2.05) is 0 Å². The second kappa shape index (κ2) is 13.5. The van der Waals surface area contributed by atoms with Crippen LogP contribution in [0.2, 0.25) is 0 Å². The Hall–Kier alpha value is -2.73. The number of aromatic nitrogens is 4. The summed E-state index contributed by atoms with van der Waals surface area (Å²) in [6, 6.07) is 0. The monoisotopic (exact) mass is 745 g/mol. The molecule has 2 aromatic heterocycles. The molecule has 48 heavy (non-hydrogen) atoms. The highest BCUT2D eigenvalue weighted by Gasteiger charge is 2.53. The Morgan fingerprint density at radius 1 is 1.06 bits per heavy atom. The lowest BCUT2D eigenvalue weighted by molar-refractivity contribution is -0.125. The average Bonchev–Trinajstić information content (AvgIpc) is 3.65. The number of phosphoric ester groups is 3. The summed E-state index contributed by atoms with van der Waals surface area (Å²) >= 11 is 0. The van der Waals surface area contributed by atoms with E-state index >= 15 is 0 Å². The number of phosphoric acid groups is 3. The molecule has 9 atom stereocenters. The predicted molar refractivity (Wildman–Crippen MR) is 153 cm³/mol. The van der Waals surface area contributed by atoms with E-state index in [-0.39, 0.29) is 29.0 Å². The smallest absolute Gasteiger partial charge is 0.387 e. The molecule has 0 aromatic carbocycles. The van der Waals surface area contributed by atoms with E-state index in [0.29, 0.717) is 0 Å². The second-order valence-electron chi connectivity index (χ2n) is 10.5. The summed E-state index contributed by atoms with van der Waals surface area (Å²) in [6.07, 6.45) is -3.98. The fraction of sp³-hybridized carbons (Fsp3) is 0.524. The highest BCUT2D eigenvalue weighted by molar-refractivity contribution is 7.61. The molecule has 5 heterocycles. The van der Waals surface area contributed by atoms with Crippen LogP contribution in [0, 0.1) is 0 Å². The zero-order valence-electron chi connectivity index (χ0n) is 24.1. The molecule has 0 radical (unpaired) electrons. The maximum Gasteiger partial charge on any atom is 0.481 e. The first-order chi connectivity index (χ1) is 22.3. The lowest BCUT2D eigenvalue weighted by Crippen LogP contribution is -2.54. The fourth-order valence-corrected chi connectivity index (χ4v) is 7.59. The molecule has 2 unspecified atom stereocenters. The number of carbonyl (C=O) groups excluding carboxylic acids is 1. The van der Waals surface area contributed by atoms with Crippen molar-refractivity contribution in [2.75, 3.05) is 25.6 Å². The Kier molecular flexibility index (Phi) is 10.3. The maximum absolute atomic E-state index is 12.6. The third kappa shape index (κ3) is 7.85. The molecule has 266 valence electrons. The number of nitrogens with zero attached hydrogens (tertiary/aromatic N) is 5. The summed E-state index contributed by atoms with van der Waals surface area (Å²) in [6.45, 7) is -2.60. The van der Waals surface area contributed by atoms with Crippen molar-refractivity contribution in [1.82, 2.24) is 24.4 Å². The summed E-state index contributed by atoms with van der Waals surface area (Å²) in [5.74, 6) is -0.829. The minimum absolute atomic E-state index is 0.00387. The second-order valence-corrected chi connectivity index (χ2v) is 14.7. The Morgan fingerprint density at radius 3 is 2.38 bits per heavy atom. The number of nitrogen functional groups attached to an aromatic ring is 1. The summed E-state index contributed by atoms with van der Waals surface area (Å²) in [5.41, 5.74) is 9.03. The summed E-state index contributed by atoms with van der Waals surface area (Å²) in [4.78, 5) is 63.3. The van der Waals surface area contributed by atoms with Crippen LogP contribution in [0.25, 0.3) is 11.2 Å². The SMILES string of the molecule is NC(=O)C1=CN([C@]2(O)CO[C@H](COP(=O)(O)OP(=O)(O)OC[C@H]3O[C@@H](n4cnc5c(N)ncnc54)[C@@H](OP(=O)(O)O)[C@H]3O)[C@H]2O)C=CC1. The minimum Gasteiger partial charge on any atom is -0.387 e. The molecule has 0 saturated carbocycles. The van der Waals surface area contributed by atoms with Crippen LogP contribution in [-0.4, -0.2) is 121 Å². The minimum atomic E-state index is -5.52. The van der Waals surface area contributed by atoms with Crippen LogP contribution in [0.4, 0.5) is 5.82 Å². The molecule has 0 aliphatic carbocycles. The summed E-state index contributed by atoms with van der Waals surface area (Å²) < 4.78 is 67.0. The Labute approximate surface area is 268 Å². The molecule has 5 rings (SSSR count). The zero-order chi connectivity index (χ0) is 35.2. The molecule has 3 aliphatic heterocycles. The molecule has 2 fully saturated rings. The molecule has 1 amide bonds. The van der Waals surface area contributed by atoms with Gasteiger partial charge in [0.05, 0.1) is 26.1 Å². The van der Waals surface area contributed by atoms with Crippen molar-refractivity contribution in [2.24, 2.45) is 5.73 Å². The van der Waals surface area contributed by atoms with E-state index in [0.717, 1.165) is 22.1 Å². The van der Waals surface area contributed by atoms with Crippen LogP contribution >= 0.6 is 23.5 Å². The van der Waals surface area contributed by atoms with Gasteiger partial charge in [0.15, 0.2) is 23.4 Å². The lowest BCUT2D eigenvalue weighted by atomic mass is 10.0. The van der Waals surface area contributed by atoms with Gasteiger partial charge in [-0.3, -0.25) is 22.9 Å². The number of rotatable bonds is 13. The van der Waals surface area contributed by atoms with Crippen LogP contribution < -0.4 is 11.5 Å². The van der Waals surface area contributed by atoms with Crippen molar-refractivity contribution in [2.45, 2.75) is 48.9 Å². The Morgan fingerprint density at radius 2 is 1.73 bits per heavy atom. The van der Waals surface area contributed by atoms with E-state index in [9.17, 15) is 53.4 Å². The molecule has 2 saturated heterocycles. The van der Waals surface area contributed by atoms with Crippen LogP contribution in [0.1, 0.15) is 12.6 Å². The van der Waals surface area contributed by atoms with E-state index < -0.39 is 91.7 Å². The van der Waals surface area contributed by atoms with Crippen molar-refractivity contribution in [1.29, 1.82) is 0 Å². The number of aliphatic hydroxyl groups is 3. The first-order valence-electron chi connectivity index (χ1n) is 13.4. The van der Waals surface area contributed by atoms with Gasteiger partial charge in [-0.2, -0.15) is 4.31 Å². The van der Waals surface area contributed by atoms with Crippen molar-refractivity contribution < 1.29 is 80.7 Å². The number of ether oxygens (including phenoxy) is 2. The van der Waals surface area contributed by atoms with Gasteiger partial charge in [-0.25, -0.2) is 28.6 Å². The topological polar surface area (TPSA) is 364 Å². The van der Waals surface area contributed by atoms with Gasteiger partial charge in [-0.1, -0.05) is 6.08 Å². The summed E-state index contributed by atoms with van der Waals surface area (Å²) in [5, 5.41) is 32.4. The highest BCUT2D eigenvalue weighted by Crippen LogP contribution is 2.61. The molecular weight excluding hydrogens is 715 g/mol. The van der Waals surface area contributed by atoms with Gasteiger partial charge in [0.2, 0.25) is 5.91 Å². The first-order valence-corrected chi connectivity index (χ1v) is 18.0. The lowest BCUT2D eigenvalue weighted by Gasteiger charge is -2.37. The van der Waals surface area contributed by atoms with Crippen molar-refractivity contribution in [3.63, 3.8) is 0 Å². The van der Waals surface area contributed by atoms with E-state index in [4.69, 9.17) is 30.0 Å². The van der Waals surface area contributed by atoms with Crippen molar-refractivity contribution >= 4 is 46.4 Å². The summed E-state index contributed by atoms with van der Waals surface area (Å²) in [7, 11) is -16.3. The largest absolute Gasteiger partial charge is 0.481 e. The number of primary amides is 1. The number of amides is 1. The van der Waals surface area contributed by atoms with Gasteiger partial charge in [0.25, 0.3) is 0 Å².